The number of fused-ring (bicyclic) bond motifs is 1. The highest BCUT2D eigenvalue weighted by molar-refractivity contribution is 7.80. The third-order valence-corrected chi connectivity index (χ3v) is 5.80. The van der Waals surface area contributed by atoms with Crippen molar-refractivity contribution in [3.63, 3.8) is 0 Å². The molecular formula is C25H32N4O2S. The highest BCUT2D eigenvalue weighted by atomic mass is 32.1. The van der Waals surface area contributed by atoms with E-state index in [1.54, 1.807) is 7.11 Å². The number of methoxy groups -OCH3 is 1. The van der Waals surface area contributed by atoms with Crippen LogP contribution in [0, 0.1) is 13.8 Å². The molecule has 2 N–H and O–H groups in total. The van der Waals surface area contributed by atoms with Gasteiger partial charge in [0, 0.05) is 23.9 Å². The molecule has 6 nitrogen and oxygen atoms in total. The van der Waals surface area contributed by atoms with Crippen LogP contribution in [0.3, 0.4) is 0 Å². The van der Waals surface area contributed by atoms with Crippen LogP contribution < -0.4 is 15.6 Å². The SMILES string of the molecule is COc1ccc2cc(CN(CCCN(C)C)C(=S)Nc3ccc(C)cc3C)c(=O)[nH]c2c1. The first-order valence-corrected chi connectivity index (χ1v) is 11.2. The first-order chi connectivity index (χ1) is 15.3. The quantitative estimate of drug-likeness (QED) is 0.497. The molecule has 32 heavy (non-hydrogen) atoms. The number of nitrogens with one attached hydrogen (secondary N) is 2. The van der Waals surface area contributed by atoms with Gasteiger partial charge >= 0.3 is 0 Å². The normalized spacial score (nSPS) is 11.1. The van der Waals surface area contributed by atoms with Gasteiger partial charge in [0.25, 0.3) is 5.56 Å². The van der Waals surface area contributed by atoms with Gasteiger partial charge in [-0.15, -0.1) is 0 Å². The lowest BCUT2D eigenvalue weighted by Gasteiger charge is -2.27. The number of thiocarbonyl (C=S) groups is 1. The second-order valence-electron chi connectivity index (χ2n) is 8.40. The molecule has 0 unspecified atom stereocenters. The Balaban J connectivity index is 1.85. The molecule has 1 heterocycles. The fourth-order valence-electron chi connectivity index (χ4n) is 3.65. The molecule has 7 heteroatoms. The largest absolute Gasteiger partial charge is 0.497 e. The molecule has 3 rings (SSSR count). The lowest BCUT2D eigenvalue weighted by atomic mass is 10.1. The summed E-state index contributed by atoms with van der Waals surface area (Å²) in [4.78, 5) is 20.0. The molecule has 0 bridgehead atoms. The van der Waals surface area contributed by atoms with Gasteiger partial charge < -0.3 is 24.8 Å². The second kappa shape index (κ2) is 10.6. The third kappa shape index (κ3) is 6.08. The van der Waals surface area contributed by atoms with E-state index in [0.717, 1.165) is 41.7 Å². The van der Waals surface area contributed by atoms with Crippen LogP contribution in [0.4, 0.5) is 5.69 Å². The van der Waals surface area contributed by atoms with E-state index < -0.39 is 0 Å². The number of hydrogen-bond donors (Lipinski definition) is 2. The van der Waals surface area contributed by atoms with Crippen molar-refractivity contribution < 1.29 is 4.74 Å². The Kier molecular flexibility index (Phi) is 7.88. The standard InChI is InChI=1S/C25H32N4O2S/c1-17-7-10-22(18(2)13-17)27-25(32)29(12-6-11-28(3)4)16-20-14-19-8-9-21(31-5)15-23(19)26-24(20)30/h7-10,13-15H,6,11-12,16H2,1-5H3,(H,26,30)(H,27,32). The summed E-state index contributed by atoms with van der Waals surface area (Å²) in [5.41, 5.74) is 4.65. The van der Waals surface area contributed by atoms with Crippen molar-refractivity contribution in [3.8, 4) is 5.75 Å². The Labute approximate surface area is 195 Å². The van der Waals surface area contributed by atoms with E-state index in [2.05, 4.69) is 60.2 Å². The molecule has 0 aliphatic heterocycles. The number of hydrogen-bond acceptors (Lipinski definition) is 4. The summed E-state index contributed by atoms with van der Waals surface area (Å²) < 4.78 is 5.27. The Bertz CT molecular complexity index is 1160. The van der Waals surface area contributed by atoms with Crippen molar-refractivity contribution >= 4 is 33.9 Å². The smallest absolute Gasteiger partial charge is 0.253 e. The van der Waals surface area contributed by atoms with Gasteiger partial charge in [0.05, 0.1) is 19.2 Å². The van der Waals surface area contributed by atoms with E-state index in [-0.39, 0.29) is 5.56 Å². The molecule has 0 saturated carbocycles. The van der Waals surface area contributed by atoms with Gasteiger partial charge in [-0.1, -0.05) is 17.7 Å². The van der Waals surface area contributed by atoms with Gasteiger partial charge in [-0.3, -0.25) is 4.79 Å². The van der Waals surface area contributed by atoms with E-state index in [1.165, 1.54) is 5.56 Å². The van der Waals surface area contributed by atoms with Crippen molar-refractivity contribution in [3.05, 3.63) is 69.5 Å². The Hall–Kier alpha value is -2.90. The number of aromatic amines is 1. The minimum absolute atomic E-state index is 0.113. The maximum atomic E-state index is 12.8. The molecule has 0 saturated heterocycles. The lowest BCUT2D eigenvalue weighted by molar-refractivity contribution is 0.346. The first-order valence-electron chi connectivity index (χ1n) is 10.7. The number of ether oxygens (including phenoxy) is 1. The number of anilines is 1. The fourth-order valence-corrected chi connectivity index (χ4v) is 3.92. The molecule has 2 aromatic carbocycles. The third-order valence-electron chi connectivity index (χ3n) is 5.44. The second-order valence-corrected chi connectivity index (χ2v) is 8.79. The van der Waals surface area contributed by atoms with Crippen LogP contribution in [0.15, 0.2) is 47.3 Å². The van der Waals surface area contributed by atoms with E-state index in [1.807, 2.05) is 30.3 Å². The fraction of sp³-hybridized carbons (Fsp3) is 0.360. The van der Waals surface area contributed by atoms with Crippen molar-refractivity contribution in [2.45, 2.75) is 26.8 Å². The number of pyridine rings is 1. The van der Waals surface area contributed by atoms with Crippen LogP contribution in [-0.4, -0.2) is 54.2 Å². The summed E-state index contributed by atoms with van der Waals surface area (Å²) >= 11 is 5.77. The van der Waals surface area contributed by atoms with E-state index in [4.69, 9.17) is 17.0 Å². The summed E-state index contributed by atoms with van der Waals surface area (Å²) in [5, 5.41) is 4.96. The van der Waals surface area contributed by atoms with Gasteiger partial charge in [0.2, 0.25) is 0 Å². The maximum Gasteiger partial charge on any atom is 0.253 e. The Morgan fingerprint density at radius 1 is 1.09 bits per heavy atom. The van der Waals surface area contributed by atoms with Crippen LogP contribution in [-0.2, 0) is 6.54 Å². The predicted molar refractivity (Wildman–Crippen MR) is 137 cm³/mol. The lowest BCUT2D eigenvalue weighted by Crippen LogP contribution is -2.37. The van der Waals surface area contributed by atoms with E-state index >= 15 is 0 Å². The summed E-state index contributed by atoms with van der Waals surface area (Å²) in [6.07, 6.45) is 0.935. The minimum atomic E-state index is -0.113. The van der Waals surface area contributed by atoms with E-state index in [9.17, 15) is 4.79 Å². The van der Waals surface area contributed by atoms with Crippen molar-refractivity contribution in [2.75, 3.05) is 39.6 Å². The molecule has 0 radical (unpaired) electrons. The van der Waals surface area contributed by atoms with Crippen LogP contribution >= 0.6 is 12.2 Å². The summed E-state index contributed by atoms with van der Waals surface area (Å²) in [5.74, 6) is 0.713. The highest BCUT2D eigenvalue weighted by Gasteiger charge is 2.15. The van der Waals surface area contributed by atoms with Gasteiger partial charge in [-0.25, -0.2) is 0 Å². The first kappa shape index (κ1) is 23.8. The molecular weight excluding hydrogens is 420 g/mol. The van der Waals surface area contributed by atoms with Crippen molar-refractivity contribution in [1.29, 1.82) is 0 Å². The van der Waals surface area contributed by atoms with Crippen LogP contribution in [0.25, 0.3) is 10.9 Å². The molecule has 170 valence electrons. The molecule has 0 amide bonds. The average molecular weight is 453 g/mol. The number of rotatable bonds is 8. The van der Waals surface area contributed by atoms with Crippen molar-refractivity contribution in [2.24, 2.45) is 0 Å². The molecule has 0 fully saturated rings. The average Bonchev–Trinajstić information content (AvgIpc) is 2.74. The topological polar surface area (TPSA) is 60.6 Å². The zero-order chi connectivity index (χ0) is 23.3. The Morgan fingerprint density at radius 2 is 1.88 bits per heavy atom. The summed E-state index contributed by atoms with van der Waals surface area (Å²) in [7, 11) is 5.72. The monoisotopic (exact) mass is 452 g/mol. The highest BCUT2D eigenvalue weighted by Crippen LogP contribution is 2.20. The van der Waals surface area contributed by atoms with Gasteiger partial charge in [-0.2, -0.15) is 0 Å². The Morgan fingerprint density at radius 3 is 2.56 bits per heavy atom. The predicted octanol–water partition coefficient (Wildman–Crippen LogP) is 4.30. The maximum absolute atomic E-state index is 12.8. The van der Waals surface area contributed by atoms with Crippen molar-refractivity contribution in [1.82, 2.24) is 14.8 Å². The van der Waals surface area contributed by atoms with Gasteiger partial charge in [0.15, 0.2) is 5.11 Å². The molecule has 0 atom stereocenters. The molecule has 0 aliphatic rings. The number of nitrogens with zero attached hydrogens (tertiary/aromatic N) is 2. The van der Waals surface area contributed by atoms with Crippen LogP contribution in [0.5, 0.6) is 5.75 Å². The number of aromatic nitrogens is 1. The van der Waals surface area contributed by atoms with Crippen LogP contribution in [0.1, 0.15) is 23.1 Å². The number of aryl methyl sites for hydroxylation is 2. The van der Waals surface area contributed by atoms with E-state index in [0.29, 0.717) is 23.0 Å². The molecule has 0 spiro atoms. The number of H-pyrrole nitrogens is 1. The molecule has 0 aliphatic carbocycles. The summed E-state index contributed by atoms with van der Waals surface area (Å²) in [6.45, 7) is 6.26. The molecule has 1 aromatic heterocycles. The summed E-state index contributed by atoms with van der Waals surface area (Å²) in [6, 6.07) is 13.9. The number of benzene rings is 2. The zero-order valence-electron chi connectivity index (χ0n) is 19.5. The minimum Gasteiger partial charge on any atom is -0.497 e. The molecule has 3 aromatic rings. The van der Waals surface area contributed by atoms with Gasteiger partial charge in [-0.05, 0) is 88.3 Å². The zero-order valence-corrected chi connectivity index (χ0v) is 20.3. The van der Waals surface area contributed by atoms with Gasteiger partial charge in [0.1, 0.15) is 5.75 Å². The van der Waals surface area contributed by atoms with Crippen LogP contribution in [0.2, 0.25) is 0 Å².